The molecule has 0 saturated heterocycles. The fourth-order valence-corrected chi connectivity index (χ4v) is 4.38. The number of hydrogen-bond donors (Lipinski definition) is 0. The molecule has 0 fully saturated rings. The number of ether oxygens (including phenoxy) is 1. The van der Waals surface area contributed by atoms with E-state index in [1.807, 2.05) is 56.1 Å². The molecular weight excluding hydrogens is 358 g/mol. The van der Waals surface area contributed by atoms with Crippen molar-refractivity contribution in [1.29, 1.82) is 0 Å². The summed E-state index contributed by atoms with van der Waals surface area (Å²) in [5, 5.41) is 0.0574. The number of nitrogens with zero attached hydrogens (tertiary/aromatic N) is 1. The monoisotopic (exact) mass is 387 g/mol. The van der Waals surface area contributed by atoms with Gasteiger partial charge in [0, 0.05) is 24.2 Å². The highest BCUT2D eigenvalue weighted by Crippen LogP contribution is 2.43. The third kappa shape index (κ3) is 4.29. The molecule has 27 heavy (non-hydrogen) atoms. The summed E-state index contributed by atoms with van der Waals surface area (Å²) < 4.78 is 5.41. The van der Waals surface area contributed by atoms with Gasteiger partial charge in [-0.2, -0.15) is 0 Å². The summed E-state index contributed by atoms with van der Waals surface area (Å²) in [5.41, 5.74) is 4.12. The molecule has 2 rings (SSSR count). The van der Waals surface area contributed by atoms with Crippen LogP contribution in [0.1, 0.15) is 46.1 Å². The smallest absolute Gasteiger partial charge is 0.336 e. The zero-order valence-corrected chi connectivity index (χ0v) is 17.7. The number of esters is 1. The van der Waals surface area contributed by atoms with Crippen molar-refractivity contribution in [2.45, 2.75) is 40.5 Å². The summed E-state index contributed by atoms with van der Waals surface area (Å²) in [5.74, 6) is 0.123. The van der Waals surface area contributed by atoms with Gasteiger partial charge in [-0.1, -0.05) is 62.9 Å². The van der Waals surface area contributed by atoms with E-state index in [2.05, 4.69) is 6.92 Å². The summed E-state index contributed by atoms with van der Waals surface area (Å²) in [6.45, 7) is 8.16. The van der Waals surface area contributed by atoms with Gasteiger partial charge in [0.2, 0.25) is 5.12 Å². The van der Waals surface area contributed by atoms with Crippen molar-refractivity contribution in [3.63, 3.8) is 0 Å². The normalized spacial score (nSPS) is 17.4. The molecule has 1 aromatic rings. The van der Waals surface area contributed by atoms with Crippen molar-refractivity contribution in [1.82, 2.24) is 4.90 Å². The average Bonchev–Trinajstić information content (AvgIpc) is 2.67. The lowest BCUT2D eigenvalue weighted by Crippen LogP contribution is -2.34. The van der Waals surface area contributed by atoms with Gasteiger partial charge in [0.05, 0.1) is 17.9 Å². The number of thioether (sulfide) groups is 1. The molecule has 1 aliphatic heterocycles. The van der Waals surface area contributed by atoms with E-state index < -0.39 is 0 Å². The number of allylic oxidation sites excluding steroid dienone is 1. The molecule has 0 spiro atoms. The van der Waals surface area contributed by atoms with Crippen molar-refractivity contribution in [2.75, 3.05) is 19.4 Å². The predicted molar refractivity (Wildman–Crippen MR) is 112 cm³/mol. The minimum atomic E-state index is -0.336. The summed E-state index contributed by atoms with van der Waals surface area (Å²) >= 11 is 1.30. The molecule has 0 saturated carbocycles. The standard InChI is InChI=1S/C22H29NO3S/c1-6-16-18(22(25)27-9-4)17(7-2)23(5)20(15-13-11-10-12-14-15)19(16)21(24)26-8-3/h10-14,16H,6-9H2,1-5H3. The maximum absolute atomic E-state index is 13.0. The molecule has 4 nitrogen and oxygen atoms in total. The van der Waals surface area contributed by atoms with E-state index in [1.54, 1.807) is 6.92 Å². The van der Waals surface area contributed by atoms with Crippen LogP contribution < -0.4 is 0 Å². The molecule has 0 aliphatic carbocycles. The highest BCUT2D eigenvalue weighted by molar-refractivity contribution is 8.14. The lowest BCUT2D eigenvalue weighted by atomic mass is 9.81. The molecule has 146 valence electrons. The summed E-state index contributed by atoms with van der Waals surface area (Å²) in [7, 11) is 1.94. The van der Waals surface area contributed by atoms with Crippen LogP contribution in [-0.4, -0.2) is 35.4 Å². The van der Waals surface area contributed by atoms with Crippen LogP contribution >= 0.6 is 11.8 Å². The first-order chi connectivity index (χ1) is 13.0. The van der Waals surface area contributed by atoms with Gasteiger partial charge in [-0.15, -0.1) is 0 Å². The molecule has 0 radical (unpaired) electrons. The molecule has 0 amide bonds. The Kier molecular flexibility index (Phi) is 7.72. The molecule has 5 heteroatoms. The molecule has 0 N–H and O–H groups in total. The molecule has 0 aromatic heterocycles. The van der Waals surface area contributed by atoms with E-state index in [0.717, 1.165) is 29.0 Å². The van der Waals surface area contributed by atoms with Gasteiger partial charge in [-0.05, 0) is 31.1 Å². The van der Waals surface area contributed by atoms with Gasteiger partial charge in [-0.3, -0.25) is 4.79 Å². The number of hydrogen-bond acceptors (Lipinski definition) is 5. The van der Waals surface area contributed by atoms with Crippen LogP contribution in [0.5, 0.6) is 0 Å². The fraction of sp³-hybridized carbons (Fsp3) is 0.455. The van der Waals surface area contributed by atoms with Crippen LogP contribution in [0.2, 0.25) is 0 Å². The number of carbonyl (C=O) groups is 2. The average molecular weight is 388 g/mol. The highest BCUT2D eigenvalue weighted by atomic mass is 32.2. The largest absolute Gasteiger partial charge is 0.463 e. The molecule has 0 bridgehead atoms. The van der Waals surface area contributed by atoms with Gasteiger partial charge in [0.25, 0.3) is 0 Å². The van der Waals surface area contributed by atoms with Crippen molar-refractivity contribution >= 4 is 28.5 Å². The Balaban J connectivity index is 2.74. The third-order valence-electron chi connectivity index (χ3n) is 4.78. The van der Waals surface area contributed by atoms with E-state index in [1.165, 1.54) is 11.8 Å². The SMILES string of the molecule is CCOC(=O)C1=C(c2ccccc2)N(C)C(CC)=C(C(=O)SCC)C1CC. The molecule has 1 atom stereocenters. The Morgan fingerprint density at radius 2 is 1.74 bits per heavy atom. The summed E-state index contributed by atoms with van der Waals surface area (Å²) in [6, 6.07) is 9.88. The molecule has 1 unspecified atom stereocenters. The quantitative estimate of drug-likeness (QED) is 0.624. The lowest BCUT2D eigenvalue weighted by Gasteiger charge is -2.38. The summed E-state index contributed by atoms with van der Waals surface area (Å²) in [6.07, 6.45) is 1.40. The Bertz CT molecular complexity index is 752. The van der Waals surface area contributed by atoms with E-state index in [-0.39, 0.29) is 17.0 Å². The van der Waals surface area contributed by atoms with E-state index in [4.69, 9.17) is 4.74 Å². The van der Waals surface area contributed by atoms with Crippen LogP contribution in [0.4, 0.5) is 0 Å². The molecule has 1 aliphatic rings. The number of benzene rings is 1. The van der Waals surface area contributed by atoms with Crippen LogP contribution in [0.3, 0.4) is 0 Å². The van der Waals surface area contributed by atoms with Crippen LogP contribution in [0.15, 0.2) is 47.2 Å². The first kappa shape index (κ1) is 21.3. The van der Waals surface area contributed by atoms with E-state index >= 15 is 0 Å². The van der Waals surface area contributed by atoms with Crippen molar-refractivity contribution < 1.29 is 14.3 Å². The highest BCUT2D eigenvalue weighted by Gasteiger charge is 2.39. The Morgan fingerprint density at radius 3 is 2.26 bits per heavy atom. The van der Waals surface area contributed by atoms with Crippen LogP contribution in [0, 0.1) is 5.92 Å². The van der Waals surface area contributed by atoms with Crippen molar-refractivity contribution in [3.05, 3.63) is 52.7 Å². The van der Waals surface area contributed by atoms with Crippen LogP contribution in [0.25, 0.3) is 5.70 Å². The zero-order chi connectivity index (χ0) is 20.0. The van der Waals surface area contributed by atoms with E-state index in [9.17, 15) is 9.59 Å². The zero-order valence-electron chi connectivity index (χ0n) is 16.9. The van der Waals surface area contributed by atoms with E-state index in [0.29, 0.717) is 24.4 Å². The Labute approximate surface area is 166 Å². The van der Waals surface area contributed by atoms with Gasteiger partial charge in [-0.25, -0.2) is 4.79 Å². The second-order valence-electron chi connectivity index (χ2n) is 6.30. The lowest BCUT2D eigenvalue weighted by molar-refractivity contribution is -0.139. The molecular formula is C22H29NO3S. The summed E-state index contributed by atoms with van der Waals surface area (Å²) in [4.78, 5) is 27.9. The van der Waals surface area contributed by atoms with Gasteiger partial charge in [0.15, 0.2) is 0 Å². The predicted octanol–water partition coefficient (Wildman–Crippen LogP) is 4.88. The van der Waals surface area contributed by atoms with Gasteiger partial charge in [0.1, 0.15) is 0 Å². The van der Waals surface area contributed by atoms with Crippen LogP contribution in [-0.2, 0) is 14.3 Å². The Morgan fingerprint density at radius 1 is 1.07 bits per heavy atom. The van der Waals surface area contributed by atoms with Crippen molar-refractivity contribution in [3.8, 4) is 0 Å². The first-order valence-corrected chi connectivity index (χ1v) is 10.6. The fourth-order valence-electron chi connectivity index (χ4n) is 3.70. The van der Waals surface area contributed by atoms with Gasteiger partial charge >= 0.3 is 5.97 Å². The minimum absolute atomic E-state index is 0.0574. The second kappa shape index (κ2) is 9.79. The number of rotatable bonds is 7. The maximum atomic E-state index is 13.0. The Hall–Kier alpha value is -2.01. The van der Waals surface area contributed by atoms with Crippen molar-refractivity contribution in [2.24, 2.45) is 5.92 Å². The third-order valence-corrected chi connectivity index (χ3v) is 5.56. The topological polar surface area (TPSA) is 46.6 Å². The molecule has 1 heterocycles. The number of carbonyl (C=O) groups excluding carboxylic acids is 2. The second-order valence-corrected chi connectivity index (χ2v) is 7.54. The van der Waals surface area contributed by atoms with Gasteiger partial charge < -0.3 is 9.64 Å². The first-order valence-electron chi connectivity index (χ1n) is 9.62. The minimum Gasteiger partial charge on any atom is -0.463 e. The maximum Gasteiger partial charge on any atom is 0.336 e. The molecule has 1 aromatic carbocycles.